The van der Waals surface area contributed by atoms with Crippen LogP contribution in [0.2, 0.25) is 0 Å². The zero-order chi connectivity index (χ0) is 26.2. The van der Waals surface area contributed by atoms with Crippen molar-refractivity contribution in [2.45, 2.75) is 58.1 Å². The highest BCUT2D eigenvalue weighted by atomic mass is 16.6. The molecule has 0 radical (unpaired) electrons. The zero-order valence-electron chi connectivity index (χ0n) is 22.2. The molecule has 36 heavy (non-hydrogen) atoms. The van der Waals surface area contributed by atoms with Gasteiger partial charge in [0.2, 0.25) is 5.91 Å². The Morgan fingerprint density at radius 3 is 2.56 bits per heavy atom. The van der Waals surface area contributed by atoms with Crippen LogP contribution in [0, 0.1) is 5.41 Å². The second kappa shape index (κ2) is 12.7. The van der Waals surface area contributed by atoms with Crippen molar-refractivity contribution in [1.82, 2.24) is 30.0 Å². The van der Waals surface area contributed by atoms with E-state index in [0.29, 0.717) is 50.8 Å². The maximum absolute atomic E-state index is 12.7. The molecular weight excluding hydrogens is 458 g/mol. The number of likely N-dealkylation sites (tertiary alicyclic amines) is 2. The minimum absolute atomic E-state index is 0.0385. The Labute approximate surface area is 214 Å². The smallest absolute Gasteiger partial charge is 0.410 e. The molecule has 2 amide bonds. The molecule has 3 N–H and O–H groups in total. The van der Waals surface area contributed by atoms with Crippen molar-refractivity contribution in [3.8, 4) is 0 Å². The van der Waals surface area contributed by atoms with Crippen LogP contribution < -0.4 is 5.32 Å². The second-order valence-corrected chi connectivity index (χ2v) is 10.2. The number of hydrogen-bond acceptors (Lipinski definition) is 7. The molecule has 10 nitrogen and oxygen atoms in total. The number of nitrogens with zero attached hydrogens (tertiary/aromatic N) is 4. The topological polar surface area (TPSA) is 118 Å². The standard InChI is InChI=1S/C26H41N7O3/c1-18(2)23-16-28-25(30-23)22(15-19(3)27)29-20-8-12-32(13-9-20)26(35)36-21-10-14-33(17-21)24(34)7-6-11-31(4)5/h6-7,15-16,18,20-21,27,29H,8-14,17H2,1-5H3,(H,28,30)/b7-6+,22-15+,27-19?. The highest BCUT2D eigenvalue weighted by molar-refractivity contribution is 5.96. The first kappa shape index (κ1) is 27.4. The lowest BCUT2D eigenvalue weighted by Crippen LogP contribution is -2.45. The van der Waals surface area contributed by atoms with Gasteiger partial charge in [0.25, 0.3) is 0 Å². The Morgan fingerprint density at radius 2 is 1.94 bits per heavy atom. The van der Waals surface area contributed by atoms with Crippen molar-refractivity contribution in [2.24, 2.45) is 0 Å². The van der Waals surface area contributed by atoms with Crippen molar-refractivity contribution in [3.63, 3.8) is 0 Å². The molecule has 3 heterocycles. The van der Waals surface area contributed by atoms with Crippen LogP contribution in [0.1, 0.15) is 57.5 Å². The van der Waals surface area contributed by atoms with E-state index in [9.17, 15) is 9.59 Å². The quantitative estimate of drug-likeness (QED) is 0.355. The third-order valence-electron chi connectivity index (χ3n) is 6.40. The van der Waals surface area contributed by atoms with E-state index in [1.165, 1.54) is 0 Å². The molecule has 3 rings (SSSR count). The van der Waals surface area contributed by atoms with E-state index in [1.54, 1.807) is 28.9 Å². The van der Waals surface area contributed by atoms with Crippen LogP contribution in [0.5, 0.6) is 0 Å². The predicted octanol–water partition coefficient (Wildman–Crippen LogP) is 2.82. The number of nitrogens with one attached hydrogen (secondary N) is 3. The van der Waals surface area contributed by atoms with E-state index in [-0.39, 0.29) is 24.1 Å². The van der Waals surface area contributed by atoms with Gasteiger partial charge in [-0.25, -0.2) is 9.78 Å². The lowest BCUT2D eigenvalue weighted by atomic mass is 10.0. The molecule has 1 aromatic rings. The van der Waals surface area contributed by atoms with E-state index in [2.05, 4.69) is 29.1 Å². The van der Waals surface area contributed by atoms with Crippen LogP contribution in [0.15, 0.2) is 24.4 Å². The van der Waals surface area contributed by atoms with Gasteiger partial charge in [0, 0.05) is 62.3 Å². The van der Waals surface area contributed by atoms with Gasteiger partial charge in [-0.1, -0.05) is 19.9 Å². The SMILES string of the molecule is CC(=N)/C=C(/NC1CCN(C(=O)OC2CCN(C(=O)/C=C/CN(C)C)C2)CC1)c1ncc(C(C)C)[nH]1. The number of carbonyl (C=O) groups excluding carboxylic acids is 2. The summed E-state index contributed by atoms with van der Waals surface area (Å²) in [7, 11) is 3.90. The number of rotatable bonds is 9. The first-order chi connectivity index (χ1) is 17.1. The Bertz CT molecular complexity index is 974. The van der Waals surface area contributed by atoms with Crippen molar-refractivity contribution in [1.29, 1.82) is 5.41 Å². The van der Waals surface area contributed by atoms with Gasteiger partial charge in [-0.15, -0.1) is 0 Å². The normalized spacial score (nSPS) is 19.5. The van der Waals surface area contributed by atoms with Crippen molar-refractivity contribution >= 4 is 23.4 Å². The number of aromatic nitrogens is 2. The summed E-state index contributed by atoms with van der Waals surface area (Å²) in [5.74, 6) is 1.03. The van der Waals surface area contributed by atoms with E-state index in [0.717, 1.165) is 30.1 Å². The molecule has 2 aliphatic rings. The fraction of sp³-hybridized carbons (Fsp3) is 0.615. The van der Waals surface area contributed by atoms with Gasteiger partial charge in [0.1, 0.15) is 6.10 Å². The van der Waals surface area contributed by atoms with Crippen LogP contribution in [0.3, 0.4) is 0 Å². The van der Waals surface area contributed by atoms with Gasteiger partial charge in [-0.2, -0.15) is 0 Å². The third-order valence-corrected chi connectivity index (χ3v) is 6.40. The molecule has 0 aromatic carbocycles. The number of allylic oxidation sites excluding steroid dienone is 1. The van der Waals surface area contributed by atoms with Crippen molar-refractivity contribution in [3.05, 3.63) is 35.9 Å². The van der Waals surface area contributed by atoms with Crippen LogP contribution in [-0.4, -0.2) is 101 Å². The molecule has 0 bridgehead atoms. The summed E-state index contributed by atoms with van der Waals surface area (Å²) in [6.07, 6.45) is 8.69. The summed E-state index contributed by atoms with van der Waals surface area (Å²) < 4.78 is 5.72. The summed E-state index contributed by atoms with van der Waals surface area (Å²) in [4.78, 5) is 38.4. The molecular formula is C26H41N7O3. The summed E-state index contributed by atoms with van der Waals surface area (Å²) in [5.41, 5.74) is 2.29. The van der Waals surface area contributed by atoms with Gasteiger partial charge in [-0.05, 0) is 45.9 Å². The summed E-state index contributed by atoms with van der Waals surface area (Å²) in [6.45, 7) is 8.88. The van der Waals surface area contributed by atoms with Gasteiger partial charge in [-0.3, -0.25) is 4.79 Å². The van der Waals surface area contributed by atoms with Gasteiger partial charge < -0.3 is 35.1 Å². The average molecular weight is 500 g/mol. The second-order valence-electron chi connectivity index (χ2n) is 10.2. The van der Waals surface area contributed by atoms with Crippen LogP contribution >= 0.6 is 0 Å². The minimum atomic E-state index is -0.311. The average Bonchev–Trinajstić information content (AvgIpc) is 3.49. The Kier molecular flexibility index (Phi) is 9.69. The number of imidazole rings is 1. The maximum Gasteiger partial charge on any atom is 0.410 e. The number of carbonyl (C=O) groups is 2. The van der Waals surface area contributed by atoms with E-state index in [1.807, 2.05) is 31.3 Å². The van der Waals surface area contributed by atoms with Crippen molar-refractivity contribution < 1.29 is 14.3 Å². The first-order valence-corrected chi connectivity index (χ1v) is 12.8. The lowest BCUT2D eigenvalue weighted by molar-refractivity contribution is -0.125. The molecule has 0 aliphatic carbocycles. The lowest BCUT2D eigenvalue weighted by Gasteiger charge is -2.33. The minimum Gasteiger partial charge on any atom is -0.444 e. The van der Waals surface area contributed by atoms with Gasteiger partial charge in [0.05, 0.1) is 12.2 Å². The molecule has 198 valence electrons. The fourth-order valence-electron chi connectivity index (χ4n) is 4.30. The Hall–Kier alpha value is -3.14. The molecule has 0 spiro atoms. The van der Waals surface area contributed by atoms with Crippen molar-refractivity contribution in [2.75, 3.05) is 46.8 Å². The number of aromatic amines is 1. The highest BCUT2D eigenvalue weighted by Crippen LogP contribution is 2.20. The monoisotopic (exact) mass is 499 g/mol. The molecule has 0 saturated carbocycles. The number of amides is 2. The molecule has 2 fully saturated rings. The van der Waals surface area contributed by atoms with E-state index < -0.39 is 0 Å². The summed E-state index contributed by atoms with van der Waals surface area (Å²) >= 11 is 0. The summed E-state index contributed by atoms with van der Waals surface area (Å²) in [5, 5.41) is 11.4. The first-order valence-electron chi connectivity index (χ1n) is 12.8. The summed E-state index contributed by atoms with van der Waals surface area (Å²) in [6, 6.07) is 0.167. The highest BCUT2D eigenvalue weighted by Gasteiger charge is 2.31. The maximum atomic E-state index is 12.7. The number of ether oxygens (including phenoxy) is 1. The van der Waals surface area contributed by atoms with Crippen LogP contribution in [0.4, 0.5) is 4.79 Å². The Balaban J connectivity index is 1.46. The van der Waals surface area contributed by atoms with Crippen LogP contribution in [-0.2, 0) is 9.53 Å². The van der Waals surface area contributed by atoms with Gasteiger partial charge in [0.15, 0.2) is 5.82 Å². The number of hydrogen-bond donors (Lipinski definition) is 3. The third kappa shape index (κ3) is 7.94. The molecule has 1 aromatic heterocycles. The molecule has 10 heteroatoms. The van der Waals surface area contributed by atoms with Gasteiger partial charge >= 0.3 is 6.09 Å². The molecule has 2 saturated heterocycles. The largest absolute Gasteiger partial charge is 0.444 e. The van der Waals surface area contributed by atoms with E-state index >= 15 is 0 Å². The molecule has 2 aliphatic heterocycles. The number of likely N-dealkylation sites (N-methyl/N-ethyl adjacent to an activating group) is 1. The number of piperidine rings is 1. The molecule has 1 atom stereocenters. The van der Waals surface area contributed by atoms with E-state index in [4.69, 9.17) is 10.1 Å². The van der Waals surface area contributed by atoms with Crippen LogP contribution in [0.25, 0.3) is 5.70 Å². The number of H-pyrrole nitrogens is 1. The molecule has 1 unspecified atom stereocenters. The fourth-order valence-corrected chi connectivity index (χ4v) is 4.30. The Morgan fingerprint density at radius 1 is 1.25 bits per heavy atom. The predicted molar refractivity (Wildman–Crippen MR) is 141 cm³/mol. The zero-order valence-corrected chi connectivity index (χ0v) is 22.2.